The Morgan fingerprint density at radius 1 is 1.18 bits per heavy atom. The molecule has 0 radical (unpaired) electrons. The van der Waals surface area contributed by atoms with Crippen LogP contribution in [0.3, 0.4) is 0 Å². The predicted molar refractivity (Wildman–Crippen MR) is 109 cm³/mol. The van der Waals surface area contributed by atoms with Crippen LogP contribution < -0.4 is 10.9 Å². The van der Waals surface area contributed by atoms with Crippen molar-refractivity contribution in [3.8, 4) is 11.5 Å². The van der Waals surface area contributed by atoms with Gasteiger partial charge in [-0.2, -0.15) is 0 Å². The van der Waals surface area contributed by atoms with Gasteiger partial charge < -0.3 is 10.3 Å². The third kappa shape index (κ3) is 3.16. The third-order valence-corrected chi connectivity index (χ3v) is 6.09. The number of fused-ring (bicyclic) bond motifs is 3. The summed E-state index contributed by atoms with van der Waals surface area (Å²) in [6.45, 7) is 0.514. The van der Waals surface area contributed by atoms with Gasteiger partial charge in [-0.15, -0.1) is 11.3 Å². The van der Waals surface area contributed by atoms with Crippen molar-refractivity contribution in [1.29, 1.82) is 0 Å². The predicted octanol–water partition coefficient (Wildman–Crippen LogP) is 3.33. The second kappa shape index (κ2) is 7.12. The molecule has 0 unspecified atom stereocenters. The number of pyridine rings is 1. The molecular formula is C20H18N6OS. The molecule has 7 nitrogen and oxygen atoms in total. The van der Waals surface area contributed by atoms with Crippen molar-refractivity contribution in [2.45, 2.75) is 32.2 Å². The summed E-state index contributed by atoms with van der Waals surface area (Å²) in [4.78, 5) is 34.7. The number of H-pyrrole nitrogens is 1. The number of hydrogen-bond donors (Lipinski definition) is 2. The molecule has 4 aromatic rings. The summed E-state index contributed by atoms with van der Waals surface area (Å²) in [7, 11) is 0. The lowest BCUT2D eigenvalue weighted by Crippen LogP contribution is -2.09. The summed E-state index contributed by atoms with van der Waals surface area (Å²) in [6, 6.07) is 3.48. The van der Waals surface area contributed by atoms with Crippen molar-refractivity contribution in [3.63, 3.8) is 0 Å². The number of hydrogen-bond acceptors (Lipinski definition) is 7. The highest BCUT2D eigenvalue weighted by molar-refractivity contribution is 7.19. The van der Waals surface area contributed by atoms with E-state index in [9.17, 15) is 4.79 Å². The van der Waals surface area contributed by atoms with E-state index in [2.05, 4.69) is 20.3 Å². The second-order valence-corrected chi connectivity index (χ2v) is 7.88. The SMILES string of the molecule is O=c1cc(CNc2nc(-c3cnccn3)nc3sc4c(c23)CCCC4)cc[nH]1. The van der Waals surface area contributed by atoms with Gasteiger partial charge in [0, 0.05) is 36.1 Å². The first kappa shape index (κ1) is 17.0. The Balaban J connectivity index is 1.61. The molecule has 1 aliphatic carbocycles. The number of anilines is 1. The topological polar surface area (TPSA) is 96.5 Å². The second-order valence-electron chi connectivity index (χ2n) is 6.79. The fraction of sp³-hybridized carbons (Fsp3) is 0.250. The van der Waals surface area contributed by atoms with Crippen molar-refractivity contribution in [3.05, 3.63) is 63.3 Å². The molecule has 28 heavy (non-hydrogen) atoms. The van der Waals surface area contributed by atoms with Crippen LogP contribution in [0.25, 0.3) is 21.7 Å². The molecule has 0 saturated carbocycles. The van der Waals surface area contributed by atoms with Gasteiger partial charge in [0.2, 0.25) is 5.56 Å². The molecule has 0 aliphatic heterocycles. The van der Waals surface area contributed by atoms with Crippen LogP contribution in [0.15, 0.2) is 41.7 Å². The maximum absolute atomic E-state index is 11.6. The van der Waals surface area contributed by atoms with Gasteiger partial charge in [-0.3, -0.25) is 9.78 Å². The third-order valence-electron chi connectivity index (χ3n) is 4.91. The van der Waals surface area contributed by atoms with Crippen molar-refractivity contribution in [1.82, 2.24) is 24.9 Å². The van der Waals surface area contributed by atoms with E-state index in [4.69, 9.17) is 9.97 Å². The Hall–Kier alpha value is -3.13. The summed E-state index contributed by atoms with van der Waals surface area (Å²) < 4.78 is 0. The maximum atomic E-state index is 11.6. The van der Waals surface area contributed by atoms with Crippen LogP contribution in [0.2, 0.25) is 0 Å². The van der Waals surface area contributed by atoms with Crippen molar-refractivity contribution < 1.29 is 0 Å². The maximum Gasteiger partial charge on any atom is 0.248 e. The zero-order chi connectivity index (χ0) is 18.9. The van der Waals surface area contributed by atoms with E-state index in [0.717, 1.165) is 34.4 Å². The number of aromatic nitrogens is 5. The number of rotatable bonds is 4. The zero-order valence-electron chi connectivity index (χ0n) is 15.1. The molecule has 4 heterocycles. The molecule has 0 bridgehead atoms. The number of nitrogens with zero attached hydrogens (tertiary/aromatic N) is 4. The summed E-state index contributed by atoms with van der Waals surface area (Å²) >= 11 is 1.75. The number of nitrogens with one attached hydrogen (secondary N) is 2. The van der Waals surface area contributed by atoms with Crippen LogP contribution in [0, 0.1) is 0 Å². The summed E-state index contributed by atoms with van der Waals surface area (Å²) in [6.07, 6.45) is 11.2. The molecule has 1 aliphatic rings. The monoisotopic (exact) mass is 390 g/mol. The standard InChI is InChI=1S/C20H18N6OS/c27-16-9-12(5-6-23-16)10-24-19-17-13-3-1-2-4-15(13)28-20(17)26-18(25-19)14-11-21-7-8-22-14/h5-9,11H,1-4,10H2,(H,23,27)(H,24,25,26). The highest BCUT2D eigenvalue weighted by Gasteiger charge is 2.21. The highest BCUT2D eigenvalue weighted by Crippen LogP contribution is 2.39. The average molecular weight is 390 g/mol. The number of thiophene rings is 1. The van der Waals surface area contributed by atoms with E-state index in [1.165, 1.54) is 23.3 Å². The molecule has 0 saturated heterocycles. The molecule has 8 heteroatoms. The zero-order valence-corrected chi connectivity index (χ0v) is 15.9. The van der Waals surface area contributed by atoms with E-state index < -0.39 is 0 Å². The smallest absolute Gasteiger partial charge is 0.248 e. The molecule has 140 valence electrons. The van der Waals surface area contributed by atoms with Gasteiger partial charge in [0.1, 0.15) is 16.3 Å². The lowest BCUT2D eigenvalue weighted by molar-refractivity contribution is 0.700. The van der Waals surface area contributed by atoms with E-state index in [0.29, 0.717) is 18.1 Å². The lowest BCUT2D eigenvalue weighted by atomic mass is 9.97. The first-order chi connectivity index (χ1) is 13.8. The molecule has 5 rings (SSSR count). The molecule has 0 amide bonds. The van der Waals surface area contributed by atoms with Gasteiger partial charge >= 0.3 is 0 Å². The van der Waals surface area contributed by atoms with Crippen molar-refractivity contribution in [2.24, 2.45) is 0 Å². The Bertz CT molecular complexity index is 1200. The number of aromatic amines is 1. The summed E-state index contributed by atoms with van der Waals surface area (Å²) in [5.41, 5.74) is 2.81. The van der Waals surface area contributed by atoms with Crippen molar-refractivity contribution >= 4 is 27.4 Å². The average Bonchev–Trinajstić information content (AvgIpc) is 3.11. The van der Waals surface area contributed by atoms with Gasteiger partial charge in [0.25, 0.3) is 0 Å². The van der Waals surface area contributed by atoms with Crippen LogP contribution in [-0.2, 0) is 19.4 Å². The van der Waals surface area contributed by atoms with Gasteiger partial charge in [-0.25, -0.2) is 15.0 Å². The quantitative estimate of drug-likeness (QED) is 0.555. The minimum Gasteiger partial charge on any atom is -0.365 e. The minimum absolute atomic E-state index is 0.111. The first-order valence-electron chi connectivity index (χ1n) is 9.28. The van der Waals surface area contributed by atoms with E-state index in [1.54, 1.807) is 42.2 Å². The molecule has 0 fully saturated rings. The van der Waals surface area contributed by atoms with Crippen molar-refractivity contribution in [2.75, 3.05) is 5.32 Å². The lowest BCUT2D eigenvalue weighted by Gasteiger charge is -2.13. The normalized spacial score (nSPS) is 13.4. The first-order valence-corrected chi connectivity index (χ1v) is 10.1. The minimum atomic E-state index is -0.111. The number of aryl methyl sites for hydroxylation is 2. The largest absolute Gasteiger partial charge is 0.365 e. The fourth-order valence-corrected chi connectivity index (χ4v) is 4.86. The van der Waals surface area contributed by atoms with Gasteiger partial charge in [-0.05, 0) is 42.9 Å². The Kier molecular flexibility index (Phi) is 4.32. The highest BCUT2D eigenvalue weighted by atomic mass is 32.1. The van der Waals surface area contributed by atoms with Crippen LogP contribution >= 0.6 is 11.3 Å². The van der Waals surface area contributed by atoms with Crippen LogP contribution in [-0.4, -0.2) is 24.9 Å². The van der Waals surface area contributed by atoms with Crippen LogP contribution in [0.5, 0.6) is 0 Å². The fourth-order valence-electron chi connectivity index (χ4n) is 3.60. The molecular weight excluding hydrogens is 372 g/mol. The molecule has 4 aromatic heterocycles. The molecule has 2 N–H and O–H groups in total. The Morgan fingerprint density at radius 3 is 2.96 bits per heavy atom. The Labute approximate surface area is 164 Å². The molecule has 0 aromatic carbocycles. The van der Waals surface area contributed by atoms with Gasteiger partial charge in [0.05, 0.1) is 11.6 Å². The van der Waals surface area contributed by atoms with E-state index in [-0.39, 0.29) is 5.56 Å². The summed E-state index contributed by atoms with van der Waals surface area (Å²) in [5.74, 6) is 1.36. The van der Waals surface area contributed by atoms with Gasteiger partial charge in [0.15, 0.2) is 5.82 Å². The summed E-state index contributed by atoms with van der Waals surface area (Å²) in [5, 5.41) is 4.54. The molecule has 0 atom stereocenters. The molecule has 0 spiro atoms. The van der Waals surface area contributed by atoms with Crippen LogP contribution in [0.4, 0.5) is 5.82 Å². The van der Waals surface area contributed by atoms with E-state index in [1.807, 2.05) is 6.07 Å². The Morgan fingerprint density at radius 2 is 2.11 bits per heavy atom. The van der Waals surface area contributed by atoms with E-state index >= 15 is 0 Å². The van der Waals surface area contributed by atoms with Gasteiger partial charge in [-0.1, -0.05) is 0 Å². The van der Waals surface area contributed by atoms with Crippen LogP contribution in [0.1, 0.15) is 28.8 Å².